The molecule has 11 nitrogen and oxygen atoms in total. The number of aromatic nitrogens is 2. The number of fused-ring (bicyclic) bond motifs is 5. The number of rotatable bonds is 6. The van der Waals surface area contributed by atoms with Crippen molar-refractivity contribution in [1.82, 2.24) is 14.9 Å². The van der Waals surface area contributed by atoms with Gasteiger partial charge in [-0.05, 0) is 48.9 Å². The van der Waals surface area contributed by atoms with Gasteiger partial charge in [0.25, 0.3) is 5.56 Å². The fourth-order valence-electron chi connectivity index (χ4n) is 6.97. The lowest BCUT2D eigenvalue weighted by molar-refractivity contribution is -0.188. The Labute approximate surface area is 245 Å². The summed E-state index contributed by atoms with van der Waals surface area (Å²) in [5.74, 6) is -2.89. The fraction of sp³-hybridized carbons (Fsp3) is 0.452. The number of amides is 1. The van der Waals surface area contributed by atoms with Gasteiger partial charge >= 0.3 is 11.9 Å². The number of nitrogens with one attached hydrogen (secondary N) is 1. The number of esters is 2. The maximum absolute atomic E-state index is 15.1. The van der Waals surface area contributed by atoms with E-state index in [1.54, 1.807) is 19.9 Å². The van der Waals surface area contributed by atoms with Crippen molar-refractivity contribution in [2.45, 2.75) is 83.8 Å². The van der Waals surface area contributed by atoms with E-state index < -0.39 is 47.0 Å². The minimum absolute atomic E-state index is 0.0267. The zero-order valence-corrected chi connectivity index (χ0v) is 24.2. The first-order valence-corrected chi connectivity index (χ1v) is 14.3. The summed E-state index contributed by atoms with van der Waals surface area (Å²) in [7, 11) is 0. The molecule has 43 heavy (non-hydrogen) atoms. The van der Waals surface area contributed by atoms with Crippen LogP contribution in [0.15, 0.2) is 16.9 Å². The molecule has 0 saturated heterocycles. The van der Waals surface area contributed by atoms with Gasteiger partial charge in [0.2, 0.25) is 11.5 Å². The highest BCUT2D eigenvalue weighted by atomic mass is 19.1. The van der Waals surface area contributed by atoms with Gasteiger partial charge in [0.1, 0.15) is 12.4 Å². The fourth-order valence-corrected chi connectivity index (χ4v) is 6.97. The number of benzene rings is 1. The van der Waals surface area contributed by atoms with E-state index in [1.165, 1.54) is 24.5 Å². The number of hydrogen-bond donors (Lipinski definition) is 3. The van der Waals surface area contributed by atoms with Gasteiger partial charge in [0, 0.05) is 48.9 Å². The molecule has 2 aromatic heterocycles. The third-order valence-corrected chi connectivity index (χ3v) is 9.07. The summed E-state index contributed by atoms with van der Waals surface area (Å²) in [4.78, 5) is 55.3. The van der Waals surface area contributed by atoms with Crippen molar-refractivity contribution in [3.05, 3.63) is 61.7 Å². The van der Waals surface area contributed by atoms with E-state index in [1.807, 2.05) is 0 Å². The molecular weight excluding hydrogens is 561 g/mol. The average Bonchev–Trinajstić information content (AvgIpc) is 3.34. The smallest absolute Gasteiger partial charge is 0.355 e. The van der Waals surface area contributed by atoms with Crippen molar-refractivity contribution in [3.8, 4) is 11.4 Å². The molecule has 3 N–H and O–H groups in total. The molecule has 6 rings (SSSR count). The van der Waals surface area contributed by atoms with Gasteiger partial charge in [0.15, 0.2) is 0 Å². The number of carbonyl (C=O) groups is 3. The van der Waals surface area contributed by atoms with Crippen LogP contribution in [0.4, 0.5) is 4.39 Å². The van der Waals surface area contributed by atoms with Crippen molar-refractivity contribution in [3.63, 3.8) is 0 Å². The summed E-state index contributed by atoms with van der Waals surface area (Å²) >= 11 is 0. The topological polar surface area (TPSA) is 157 Å². The van der Waals surface area contributed by atoms with E-state index in [4.69, 9.17) is 14.5 Å². The molecule has 4 atom stereocenters. The Hall–Kier alpha value is -4.16. The maximum atomic E-state index is 15.1. The zero-order valence-electron chi connectivity index (χ0n) is 24.2. The number of carbonyl (C=O) groups excluding carboxylic acids is 3. The largest absolute Gasteiger partial charge is 0.457 e. The standard InChI is InChI=1S/C31H32FN3O8/c1-5-31(43-15(4)37)20-8-23-27-18(11-35(23)29(40)19(20)12-42-30(31)41)25-17(28(39)24(38)10-33-14(3)36)7-6-16-13(2)21(32)9-22(34-27)26(16)25/h8-9,17,24,28,38-39H,5-7,10-12H2,1-4H3,(H,33,36)/t17-,24+,28+,31-/m0/s1. The molecule has 0 saturated carbocycles. The second-order valence-electron chi connectivity index (χ2n) is 11.5. The minimum Gasteiger partial charge on any atom is -0.457 e. The van der Waals surface area contributed by atoms with Crippen LogP contribution in [0.3, 0.4) is 0 Å². The molecule has 0 bridgehead atoms. The second-order valence-corrected chi connectivity index (χ2v) is 11.5. The molecule has 1 aliphatic carbocycles. The predicted octanol–water partition coefficient (Wildman–Crippen LogP) is 1.99. The quantitative estimate of drug-likeness (QED) is 0.285. The highest BCUT2D eigenvalue weighted by Crippen LogP contribution is 2.48. The molecule has 0 fully saturated rings. The summed E-state index contributed by atoms with van der Waals surface area (Å²) in [5.41, 5.74) is 1.73. The number of hydrogen-bond acceptors (Lipinski definition) is 9. The average molecular weight is 594 g/mol. The SMILES string of the molecule is CC[C@@]1(OC(C)=O)C(=O)OCc2c1cc1n(c2=O)Cc2c-1nc1cc(F)c(C)c3c1c2[C@@H]([C@@H](O)[C@H](O)CNC(C)=O)CC3. The molecule has 2 aliphatic heterocycles. The summed E-state index contributed by atoms with van der Waals surface area (Å²) in [6.45, 7) is 5.46. The van der Waals surface area contributed by atoms with Gasteiger partial charge in [-0.1, -0.05) is 6.92 Å². The zero-order chi connectivity index (χ0) is 31.0. The van der Waals surface area contributed by atoms with E-state index >= 15 is 4.39 Å². The molecule has 1 amide bonds. The van der Waals surface area contributed by atoms with Crippen molar-refractivity contribution < 1.29 is 38.5 Å². The minimum atomic E-state index is -1.81. The third-order valence-electron chi connectivity index (χ3n) is 9.07. The monoisotopic (exact) mass is 593 g/mol. The number of pyridine rings is 2. The van der Waals surface area contributed by atoms with E-state index in [0.29, 0.717) is 51.8 Å². The lowest BCUT2D eigenvalue weighted by Gasteiger charge is -2.35. The Kier molecular flexibility index (Phi) is 6.89. The highest BCUT2D eigenvalue weighted by Gasteiger charge is 2.50. The third kappa shape index (κ3) is 4.26. The van der Waals surface area contributed by atoms with Gasteiger partial charge in [-0.25, -0.2) is 14.2 Å². The van der Waals surface area contributed by atoms with Crippen LogP contribution in [0, 0.1) is 12.7 Å². The summed E-state index contributed by atoms with van der Waals surface area (Å²) in [5, 5.41) is 25.4. The summed E-state index contributed by atoms with van der Waals surface area (Å²) < 4.78 is 27.5. The van der Waals surface area contributed by atoms with Crippen LogP contribution in [-0.2, 0) is 49.0 Å². The maximum Gasteiger partial charge on any atom is 0.355 e. The molecule has 1 aromatic carbocycles. The van der Waals surface area contributed by atoms with Crippen LogP contribution in [-0.4, -0.2) is 56.4 Å². The van der Waals surface area contributed by atoms with Crippen molar-refractivity contribution in [2.24, 2.45) is 0 Å². The molecule has 12 heteroatoms. The van der Waals surface area contributed by atoms with E-state index in [-0.39, 0.29) is 43.2 Å². The molecule has 0 radical (unpaired) electrons. The molecule has 3 aromatic rings. The van der Waals surface area contributed by atoms with E-state index in [0.717, 1.165) is 5.56 Å². The predicted molar refractivity (Wildman–Crippen MR) is 151 cm³/mol. The Bertz CT molecular complexity index is 1800. The van der Waals surface area contributed by atoms with E-state index in [9.17, 15) is 29.4 Å². The molecule has 4 heterocycles. The van der Waals surface area contributed by atoms with Crippen molar-refractivity contribution in [1.29, 1.82) is 0 Å². The molecular formula is C31H32FN3O8. The number of nitrogens with zero attached hydrogens (tertiary/aromatic N) is 2. The number of aliphatic hydroxyl groups is 2. The van der Waals surface area contributed by atoms with Crippen molar-refractivity contribution in [2.75, 3.05) is 6.54 Å². The lowest BCUT2D eigenvalue weighted by atomic mass is 9.75. The summed E-state index contributed by atoms with van der Waals surface area (Å²) in [6, 6.07) is 2.94. The van der Waals surface area contributed by atoms with Crippen LogP contribution >= 0.6 is 0 Å². The number of ether oxygens (including phenoxy) is 2. The molecule has 0 spiro atoms. The Balaban J connectivity index is 1.60. The van der Waals surface area contributed by atoms with Gasteiger partial charge in [-0.2, -0.15) is 0 Å². The van der Waals surface area contributed by atoms with Crippen molar-refractivity contribution >= 4 is 28.7 Å². The lowest BCUT2D eigenvalue weighted by Crippen LogP contribution is -2.47. The Morgan fingerprint density at radius 1 is 1.23 bits per heavy atom. The first kappa shape index (κ1) is 28.9. The molecule has 3 aliphatic rings. The Morgan fingerprint density at radius 2 is 1.98 bits per heavy atom. The normalized spacial score (nSPS) is 21.4. The van der Waals surface area contributed by atoms with Gasteiger partial charge in [-0.3, -0.25) is 14.4 Å². The Morgan fingerprint density at radius 3 is 2.65 bits per heavy atom. The first-order valence-electron chi connectivity index (χ1n) is 14.3. The van der Waals surface area contributed by atoms with Crippen LogP contribution in [0.2, 0.25) is 0 Å². The van der Waals surface area contributed by atoms with Gasteiger partial charge in [0.05, 0.1) is 41.2 Å². The van der Waals surface area contributed by atoms with Crippen LogP contribution in [0.1, 0.15) is 72.9 Å². The van der Waals surface area contributed by atoms with Crippen LogP contribution < -0.4 is 10.9 Å². The van der Waals surface area contributed by atoms with E-state index in [2.05, 4.69) is 5.32 Å². The molecule has 0 unspecified atom stereocenters. The number of cyclic esters (lactones) is 1. The first-order chi connectivity index (χ1) is 20.4. The number of aliphatic hydroxyl groups excluding tert-OH is 2. The van der Waals surface area contributed by atoms with Crippen LogP contribution in [0.5, 0.6) is 0 Å². The summed E-state index contributed by atoms with van der Waals surface area (Å²) in [6.07, 6.45) is -1.72. The number of aryl methyl sites for hydroxylation is 1. The van der Waals surface area contributed by atoms with Crippen LogP contribution in [0.25, 0.3) is 22.3 Å². The number of halogens is 1. The highest BCUT2D eigenvalue weighted by molar-refractivity contribution is 5.93. The van der Waals surface area contributed by atoms with Gasteiger partial charge < -0.3 is 29.6 Å². The van der Waals surface area contributed by atoms with Gasteiger partial charge in [-0.15, -0.1) is 0 Å². The second kappa shape index (κ2) is 10.2. The molecule has 226 valence electrons.